The molecule has 0 aliphatic carbocycles. The third-order valence-corrected chi connectivity index (χ3v) is 3.99. The fourth-order valence-electron chi connectivity index (χ4n) is 2.66. The molecule has 0 bridgehead atoms. The quantitative estimate of drug-likeness (QED) is 0.614. The van der Waals surface area contributed by atoms with Crippen molar-refractivity contribution in [2.45, 2.75) is 6.42 Å². The van der Waals surface area contributed by atoms with E-state index >= 15 is 0 Å². The number of para-hydroxylation sites is 2. The van der Waals surface area contributed by atoms with Crippen molar-refractivity contribution in [1.82, 2.24) is 5.32 Å². The minimum Gasteiger partial charge on any atom is -0.352 e. The van der Waals surface area contributed by atoms with Crippen LogP contribution in [0.15, 0.2) is 84.9 Å². The van der Waals surface area contributed by atoms with Crippen LogP contribution in [0.25, 0.3) is 0 Å². The number of rotatable bonds is 6. The van der Waals surface area contributed by atoms with Crippen molar-refractivity contribution in [1.29, 1.82) is 0 Å². The summed E-state index contributed by atoms with van der Waals surface area (Å²) in [6.07, 6.45) is 0.747. The van der Waals surface area contributed by atoms with E-state index in [2.05, 4.69) is 16.0 Å². The van der Waals surface area contributed by atoms with Crippen LogP contribution >= 0.6 is 0 Å². The molecule has 0 saturated carbocycles. The van der Waals surface area contributed by atoms with E-state index < -0.39 is 6.03 Å². The number of hydrogen-bond donors (Lipinski definition) is 3. The second-order valence-electron chi connectivity index (χ2n) is 5.98. The lowest BCUT2D eigenvalue weighted by molar-refractivity contribution is 0.0955. The van der Waals surface area contributed by atoms with Crippen molar-refractivity contribution >= 4 is 23.3 Å². The molecule has 3 aromatic carbocycles. The SMILES string of the molecule is O=C(Nc1ccccc1)Nc1ccccc1C(=O)NCCc1ccccc1. The highest BCUT2D eigenvalue weighted by Gasteiger charge is 2.12. The van der Waals surface area contributed by atoms with Crippen molar-refractivity contribution in [3.05, 3.63) is 96.1 Å². The fourth-order valence-corrected chi connectivity index (χ4v) is 2.66. The van der Waals surface area contributed by atoms with Crippen molar-refractivity contribution < 1.29 is 9.59 Å². The molecule has 5 nitrogen and oxygen atoms in total. The smallest absolute Gasteiger partial charge is 0.323 e. The van der Waals surface area contributed by atoms with Gasteiger partial charge in [-0.1, -0.05) is 60.7 Å². The highest BCUT2D eigenvalue weighted by Crippen LogP contribution is 2.16. The summed E-state index contributed by atoms with van der Waals surface area (Å²) in [5.74, 6) is -0.221. The van der Waals surface area contributed by atoms with E-state index in [1.807, 2.05) is 48.5 Å². The van der Waals surface area contributed by atoms with Crippen LogP contribution in [0.1, 0.15) is 15.9 Å². The predicted molar refractivity (Wildman–Crippen MR) is 108 cm³/mol. The van der Waals surface area contributed by atoms with Crippen LogP contribution in [0, 0.1) is 0 Å². The Labute approximate surface area is 158 Å². The van der Waals surface area contributed by atoms with Gasteiger partial charge < -0.3 is 16.0 Å². The summed E-state index contributed by atoms with van der Waals surface area (Å²) in [6, 6.07) is 25.6. The fraction of sp³-hybridized carbons (Fsp3) is 0.0909. The van der Waals surface area contributed by atoms with Crippen LogP contribution in [-0.4, -0.2) is 18.5 Å². The van der Waals surface area contributed by atoms with E-state index in [-0.39, 0.29) is 5.91 Å². The van der Waals surface area contributed by atoms with Gasteiger partial charge in [-0.15, -0.1) is 0 Å². The Kier molecular flexibility index (Phi) is 6.20. The molecular weight excluding hydrogens is 338 g/mol. The second-order valence-corrected chi connectivity index (χ2v) is 5.98. The summed E-state index contributed by atoms with van der Waals surface area (Å²) in [5, 5.41) is 8.38. The summed E-state index contributed by atoms with van der Waals surface area (Å²) in [4.78, 5) is 24.7. The number of nitrogens with one attached hydrogen (secondary N) is 3. The lowest BCUT2D eigenvalue weighted by Gasteiger charge is -2.12. The zero-order valence-electron chi connectivity index (χ0n) is 14.8. The van der Waals surface area contributed by atoms with Crippen LogP contribution in [0.4, 0.5) is 16.2 Å². The molecule has 136 valence electrons. The molecule has 0 spiro atoms. The first kappa shape index (κ1) is 18.2. The largest absolute Gasteiger partial charge is 0.352 e. The number of amides is 3. The summed E-state index contributed by atoms with van der Waals surface area (Å²) >= 11 is 0. The molecule has 3 amide bonds. The molecule has 0 radical (unpaired) electrons. The number of hydrogen-bond acceptors (Lipinski definition) is 2. The van der Waals surface area contributed by atoms with Crippen molar-refractivity contribution in [2.24, 2.45) is 0 Å². The molecule has 5 heteroatoms. The van der Waals surface area contributed by atoms with Crippen LogP contribution in [0.2, 0.25) is 0 Å². The molecule has 0 atom stereocenters. The third-order valence-electron chi connectivity index (χ3n) is 3.99. The monoisotopic (exact) mass is 359 g/mol. The summed E-state index contributed by atoms with van der Waals surface area (Å²) in [7, 11) is 0. The summed E-state index contributed by atoms with van der Waals surface area (Å²) in [6.45, 7) is 0.521. The predicted octanol–water partition coefficient (Wildman–Crippen LogP) is 4.30. The Bertz CT molecular complexity index is 896. The zero-order valence-corrected chi connectivity index (χ0v) is 14.8. The van der Waals surface area contributed by atoms with Gasteiger partial charge in [-0.05, 0) is 36.2 Å². The first-order valence-electron chi connectivity index (χ1n) is 8.76. The molecule has 27 heavy (non-hydrogen) atoms. The van der Waals surface area contributed by atoms with E-state index in [0.29, 0.717) is 23.5 Å². The Morgan fingerprint density at radius 2 is 1.33 bits per heavy atom. The van der Waals surface area contributed by atoms with E-state index in [1.165, 1.54) is 0 Å². The maximum Gasteiger partial charge on any atom is 0.323 e. The molecule has 3 rings (SSSR count). The van der Waals surface area contributed by atoms with Gasteiger partial charge in [-0.25, -0.2) is 4.79 Å². The highest BCUT2D eigenvalue weighted by molar-refractivity contribution is 6.06. The number of carbonyl (C=O) groups is 2. The normalized spacial score (nSPS) is 10.1. The molecule has 3 aromatic rings. The molecule has 0 saturated heterocycles. The first-order chi connectivity index (χ1) is 13.2. The molecular formula is C22H21N3O2. The van der Waals surface area contributed by atoms with Crippen LogP contribution < -0.4 is 16.0 Å². The molecule has 0 aliphatic rings. The number of anilines is 2. The third kappa shape index (κ3) is 5.44. The van der Waals surface area contributed by atoms with Gasteiger partial charge in [0.05, 0.1) is 11.3 Å². The summed E-state index contributed by atoms with van der Waals surface area (Å²) < 4.78 is 0. The minimum absolute atomic E-state index is 0.221. The van der Waals surface area contributed by atoms with Crippen molar-refractivity contribution in [3.63, 3.8) is 0 Å². The van der Waals surface area contributed by atoms with Gasteiger partial charge in [0.2, 0.25) is 0 Å². The molecule has 0 heterocycles. The van der Waals surface area contributed by atoms with Crippen molar-refractivity contribution in [3.8, 4) is 0 Å². The minimum atomic E-state index is -0.397. The second kappa shape index (κ2) is 9.20. The van der Waals surface area contributed by atoms with Crippen molar-refractivity contribution in [2.75, 3.05) is 17.2 Å². The lowest BCUT2D eigenvalue weighted by Crippen LogP contribution is -2.28. The maximum atomic E-state index is 12.5. The maximum absolute atomic E-state index is 12.5. The highest BCUT2D eigenvalue weighted by atomic mass is 16.2. The topological polar surface area (TPSA) is 70.2 Å². The van der Waals surface area contributed by atoms with Gasteiger partial charge in [-0.2, -0.15) is 0 Å². The van der Waals surface area contributed by atoms with E-state index in [9.17, 15) is 9.59 Å². The Morgan fingerprint density at radius 1 is 0.704 bits per heavy atom. The van der Waals surface area contributed by atoms with E-state index in [4.69, 9.17) is 0 Å². The zero-order chi connectivity index (χ0) is 18.9. The average molecular weight is 359 g/mol. The standard InChI is InChI=1S/C22H21N3O2/c26-21(23-16-15-17-9-3-1-4-10-17)19-13-7-8-14-20(19)25-22(27)24-18-11-5-2-6-12-18/h1-14H,15-16H2,(H,23,26)(H2,24,25,27). The van der Waals surface area contributed by atoms with Gasteiger partial charge in [0, 0.05) is 12.2 Å². The summed E-state index contributed by atoms with van der Waals surface area (Å²) in [5.41, 5.74) is 2.73. The lowest BCUT2D eigenvalue weighted by atomic mass is 10.1. The molecule has 0 unspecified atom stereocenters. The van der Waals surface area contributed by atoms with Gasteiger partial charge in [0.25, 0.3) is 5.91 Å². The molecule has 0 aliphatic heterocycles. The number of carbonyl (C=O) groups excluding carboxylic acids is 2. The van der Waals surface area contributed by atoms with Crippen LogP contribution in [0.3, 0.4) is 0 Å². The van der Waals surface area contributed by atoms with Gasteiger partial charge in [0.1, 0.15) is 0 Å². The number of benzene rings is 3. The Morgan fingerprint density at radius 3 is 2.07 bits per heavy atom. The molecule has 0 fully saturated rings. The Balaban J connectivity index is 1.59. The average Bonchev–Trinajstić information content (AvgIpc) is 2.70. The van der Waals surface area contributed by atoms with Gasteiger partial charge in [0.15, 0.2) is 0 Å². The molecule has 0 aromatic heterocycles. The van der Waals surface area contributed by atoms with Crippen LogP contribution in [0.5, 0.6) is 0 Å². The van der Waals surface area contributed by atoms with Crippen LogP contribution in [-0.2, 0) is 6.42 Å². The molecule has 3 N–H and O–H groups in total. The first-order valence-corrected chi connectivity index (χ1v) is 8.76. The van der Waals surface area contributed by atoms with E-state index in [1.54, 1.807) is 36.4 Å². The number of urea groups is 1. The Hall–Kier alpha value is -3.60. The van der Waals surface area contributed by atoms with Gasteiger partial charge >= 0.3 is 6.03 Å². The van der Waals surface area contributed by atoms with E-state index in [0.717, 1.165) is 12.0 Å². The van der Waals surface area contributed by atoms with Gasteiger partial charge in [-0.3, -0.25) is 4.79 Å².